The molecule has 4 heterocycles. The molecule has 1 aliphatic carbocycles. The zero-order valence-electron chi connectivity index (χ0n) is 17.8. The third-order valence-corrected chi connectivity index (χ3v) is 7.20. The van der Waals surface area contributed by atoms with Crippen LogP contribution in [0, 0.1) is 5.41 Å². The number of nitrogens with zero attached hydrogens (tertiary/aromatic N) is 6. The summed E-state index contributed by atoms with van der Waals surface area (Å²) in [6.07, 6.45) is 8.33. The summed E-state index contributed by atoms with van der Waals surface area (Å²) < 4.78 is 2.05. The Morgan fingerprint density at radius 1 is 1.13 bits per heavy atom. The number of aromatic hydroxyl groups is 1. The predicted octanol–water partition coefficient (Wildman–Crippen LogP) is 2.63. The van der Waals surface area contributed by atoms with Crippen LogP contribution in [0.5, 0.6) is 5.75 Å². The Hall–Kier alpha value is -3.00. The van der Waals surface area contributed by atoms with Gasteiger partial charge in [-0.25, -0.2) is 4.98 Å². The van der Waals surface area contributed by atoms with Crippen LogP contribution in [-0.2, 0) is 13.0 Å². The summed E-state index contributed by atoms with van der Waals surface area (Å²) >= 11 is 0. The van der Waals surface area contributed by atoms with Crippen LogP contribution in [0.2, 0.25) is 0 Å². The van der Waals surface area contributed by atoms with E-state index in [1.54, 1.807) is 12.3 Å². The molecule has 2 fully saturated rings. The molecule has 1 saturated heterocycles. The molecule has 3 aliphatic rings. The monoisotopic (exact) mass is 417 g/mol. The van der Waals surface area contributed by atoms with Crippen molar-refractivity contribution in [2.45, 2.75) is 45.2 Å². The van der Waals surface area contributed by atoms with Gasteiger partial charge in [-0.1, -0.05) is 13.0 Å². The van der Waals surface area contributed by atoms with Crippen molar-refractivity contribution in [3.63, 3.8) is 0 Å². The topological polar surface area (TPSA) is 92.0 Å². The van der Waals surface area contributed by atoms with Crippen molar-refractivity contribution in [2.24, 2.45) is 5.41 Å². The SMILES string of the molecule is CC1([C@H]2CN(c3ncc(-c4ccc(-c5cnn6c5CCC6)cc4O)nn3)CCN2)CC1. The number of nitrogens with one attached hydrogen (secondary N) is 1. The average molecular weight is 418 g/mol. The van der Waals surface area contributed by atoms with Gasteiger partial charge >= 0.3 is 0 Å². The van der Waals surface area contributed by atoms with Crippen molar-refractivity contribution in [1.29, 1.82) is 0 Å². The van der Waals surface area contributed by atoms with Crippen LogP contribution in [0.1, 0.15) is 31.9 Å². The number of phenols is 1. The molecule has 2 N–H and O–H groups in total. The fourth-order valence-corrected chi connectivity index (χ4v) is 4.90. The quantitative estimate of drug-likeness (QED) is 0.674. The van der Waals surface area contributed by atoms with E-state index in [4.69, 9.17) is 0 Å². The van der Waals surface area contributed by atoms with Crippen LogP contribution in [-0.4, -0.2) is 55.7 Å². The van der Waals surface area contributed by atoms with Crippen LogP contribution < -0.4 is 10.2 Å². The van der Waals surface area contributed by atoms with E-state index in [9.17, 15) is 5.11 Å². The first-order chi connectivity index (χ1) is 15.1. The predicted molar refractivity (Wildman–Crippen MR) is 118 cm³/mol. The molecular weight excluding hydrogens is 390 g/mol. The lowest BCUT2D eigenvalue weighted by atomic mass is 9.97. The number of phenolic OH excluding ortho intramolecular Hbond substituents is 1. The molecular formula is C23H27N7O. The minimum Gasteiger partial charge on any atom is -0.507 e. The fourth-order valence-electron chi connectivity index (χ4n) is 4.90. The Labute approximate surface area is 181 Å². The summed E-state index contributed by atoms with van der Waals surface area (Å²) in [5.74, 6) is 0.842. The first-order valence-electron chi connectivity index (χ1n) is 11.2. The van der Waals surface area contributed by atoms with Gasteiger partial charge in [0, 0.05) is 49.0 Å². The lowest BCUT2D eigenvalue weighted by Gasteiger charge is -2.36. The van der Waals surface area contributed by atoms with Crippen LogP contribution in [0.4, 0.5) is 5.95 Å². The lowest BCUT2D eigenvalue weighted by molar-refractivity contribution is 0.329. The molecule has 0 unspecified atom stereocenters. The van der Waals surface area contributed by atoms with Gasteiger partial charge in [0.15, 0.2) is 0 Å². The van der Waals surface area contributed by atoms with E-state index in [2.05, 4.69) is 42.1 Å². The highest BCUT2D eigenvalue weighted by molar-refractivity contribution is 5.75. The van der Waals surface area contributed by atoms with Gasteiger partial charge in [0.05, 0.1) is 12.4 Å². The molecule has 1 aromatic carbocycles. The van der Waals surface area contributed by atoms with Gasteiger partial charge in [0.2, 0.25) is 5.95 Å². The average Bonchev–Trinajstić information content (AvgIpc) is 3.20. The van der Waals surface area contributed by atoms with Crippen LogP contribution in [0.3, 0.4) is 0 Å². The highest BCUT2D eigenvalue weighted by Gasteiger charge is 2.46. The van der Waals surface area contributed by atoms with Crippen LogP contribution in [0.15, 0.2) is 30.6 Å². The van der Waals surface area contributed by atoms with E-state index in [0.29, 0.717) is 28.7 Å². The van der Waals surface area contributed by atoms with Crippen molar-refractivity contribution in [3.8, 4) is 28.1 Å². The molecule has 160 valence electrons. The molecule has 0 spiro atoms. The van der Waals surface area contributed by atoms with Crippen molar-refractivity contribution >= 4 is 5.95 Å². The molecule has 8 heteroatoms. The molecule has 1 atom stereocenters. The maximum atomic E-state index is 10.7. The molecule has 6 rings (SSSR count). The van der Waals surface area contributed by atoms with Gasteiger partial charge in [-0.3, -0.25) is 4.68 Å². The van der Waals surface area contributed by atoms with Gasteiger partial charge in [-0.15, -0.1) is 10.2 Å². The zero-order valence-corrected chi connectivity index (χ0v) is 17.8. The second kappa shape index (κ2) is 7.02. The number of benzene rings is 1. The maximum absolute atomic E-state index is 10.7. The highest BCUT2D eigenvalue weighted by atomic mass is 16.3. The lowest BCUT2D eigenvalue weighted by Crippen LogP contribution is -2.54. The molecule has 1 saturated carbocycles. The largest absolute Gasteiger partial charge is 0.507 e. The van der Waals surface area contributed by atoms with E-state index < -0.39 is 0 Å². The third-order valence-electron chi connectivity index (χ3n) is 7.20. The molecule has 0 radical (unpaired) electrons. The number of hydrogen-bond acceptors (Lipinski definition) is 7. The summed E-state index contributed by atoms with van der Waals surface area (Å²) in [7, 11) is 0. The number of rotatable bonds is 4. The minimum atomic E-state index is 0.184. The van der Waals surface area contributed by atoms with E-state index in [-0.39, 0.29) is 5.75 Å². The highest BCUT2D eigenvalue weighted by Crippen LogP contribution is 2.48. The number of aromatic nitrogens is 5. The van der Waals surface area contributed by atoms with Gasteiger partial charge in [-0.2, -0.15) is 5.10 Å². The van der Waals surface area contributed by atoms with Crippen molar-refractivity contribution in [2.75, 3.05) is 24.5 Å². The van der Waals surface area contributed by atoms with Gasteiger partial charge in [-0.05, 0) is 48.8 Å². The van der Waals surface area contributed by atoms with Gasteiger partial charge < -0.3 is 15.3 Å². The first-order valence-corrected chi connectivity index (χ1v) is 11.2. The van der Waals surface area contributed by atoms with Crippen molar-refractivity contribution in [1.82, 2.24) is 30.3 Å². The number of piperazine rings is 1. The van der Waals surface area contributed by atoms with Gasteiger partial charge in [0.25, 0.3) is 0 Å². The van der Waals surface area contributed by atoms with Crippen molar-refractivity contribution < 1.29 is 5.11 Å². The molecule has 8 nitrogen and oxygen atoms in total. The Morgan fingerprint density at radius 3 is 2.81 bits per heavy atom. The third kappa shape index (κ3) is 3.26. The summed E-state index contributed by atoms with van der Waals surface area (Å²) in [5.41, 5.74) is 4.94. The van der Waals surface area contributed by atoms with E-state index in [0.717, 1.165) is 50.1 Å². The van der Waals surface area contributed by atoms with Crippen LogP contribution >= 0.6 is 0 Å². The van der Waals surface area contributed by atoms with Gasteiger partial charge in [0.1, 0.15) is 11.4 Å². The molecule has 31 heavy (non-hydrogen) atoms. The van der Waals surface area contributed by atoms with E-state index in [1.807, 2.05) is 18.3 Å². The molecule has 0 bridgehead atoms. The normalized spacial score (nSPS) is 21.8. The minimum absolute atomic E-state index is 0.184. The van der Waals surface area contributed by atoms with Crippen molar-refractivity contribution in [3.05, 3.63) is 36.3 Å². The fraction of sp³-hybridized carbons (Fsp3) is 0.478. The summed E-state index contributed by atoms with van der Waals surface area (Å²) in [6.45, 7) is 6.05. The standard InChI is InChI=1S/C23H27N7O/c1-23(6-7-23)21-14-29(10-8-24-21)22-25-13-18(27-28-22)16-5-4-15(11-20(16)31)17-12-26-30-9-2-3-19(17)30/h4-5,11-13,21,24,31H,2-3,6-10,14H2,1H3/t21-/m1/s1. The number of anilines is 1. The summed E-state index contributed by atoms with van der Waals surface area (Å²) in [6, 6.07) is 6.17. The Kier molecular flexibility index (Phi) is 4.24. The second-order valence-corrected chi connectivity index (χ2v) is 9.31. The Balaban J connectivity index is 1.22. The van der Waals surface area contributed by atoms with E-state index >= 15 is 0 Å². The molecule has 0 amide bonds. The first kappa shape index (κ1) is 18.7. The molecule has 2 aromatic heterocycles. The number of fused-ring (bicyclic) bond motifs is 1. The maximum Gasteiger partial charge on any atom is 0.245 e. The number of aryl methyl sites for hydroxylation is 1. The molecule has 3 aromatic rings. The summed E-state index contributed by atoms with van der Waals surface area (Å²) in [4.78, 5) is 6.79. The molecule has 2 aliphatic heterocycles. The summed E-state index contributed by atoms with van der Waals surface area (Å²) in [5, 5.41) is 27.6. The Bertz CT molecular complexity index is 1120. The Morgan fingerprint density at radius 2 is 2.03 bits per heavy atom. The second-order valence-electron chi connectivity index (χ2n) is 9.31. The number of hydrogen-bond donors (Lipinski definition) is 2. The van der Waals surface area contributed by atoms with E-state index in [1.165, 1.54) is 18.5 Å². The zero-order chi connectivity index (χ0) is 21.0. The van der Waals surface area contributed by atoms with Crippen LogP contribution in [0.25, 0.3) is 22.4 Å². The smallest absolute Gasteiger partial charge is 0.245 e.